The highest BCUT2D eigenvalue weighted by atomic mass is 32.2. The number of amides is 1. The van der Waals surface area contributed by atoms with E-state index in [1.807, 2.05) is 30.3 Å². The van der Waals surface area contributed by atoms with Gasteiger partial charge in [0, 0.05) is 0 Å². The molecule has 0 bridgehead atoms. The van der Waals surface area contributed by atoms with Crippen LogP contribution in [0.2, 0.25) is 0 Å². The first-order valence-corrected chi connectivity index (χ1v) is 11.1. The quantitative estimate of drug-likeness (QED) is 0.715. The molecule has 6 nitrogen and oxygen atoms in total. The maximum atomic E-state index is 12.7. The van der Waals surface area contributed by atoms with Crippen LogP contribution in [0.1, 0.15) is 39.7 Å². The van der Waals surface area contributed by atoms with Crippen LogP contribution in [0.5, 0.6) is 0 Å². The topological polar surface area (TPSA) is 89.5 Å². The van der Waals surface area contributed by atoms with Crippen LogP contribution in [-0.4, -0.2) is 43.4 Å². The molecule has 1 aliphatic heterocycles. The molecule has 1 aromatic carbocycles. The zero-order valence-electron chi connectivity index (χ0n) is 16.4. The molecule has 3 atom stereocenters. The van der Waals surface area contributed by atoms with Gasteiger partial charge >= 0.3 is 5.97 Å². The van der Waals surface area contributed by atoms with Gasteiger partial charge < -0.3 is 10.1 Å². The van der Waals surface area contributed by atoms with Gasteiger partial charge in [0.25, 0.3) is 5.91 Å². The Balaban J connectivity index is 1.99. The van der Waals surface area contributed by atoms with E-state index in [-0.39, 0.29) is 23.3 Å². The molecule has 7 heteroatoms. The number of carbonyl (C=O) groups excluding carboxylic acids is 2. The van der Waals surface area contributed by atoms with Gasteiger partial charge in [0.1, 0.15) is 0 Å². The number of sulfone groups is 1. The predicted octanol–water partition coefficient (Wildman–Crippen LogP) is 2.13. The number of ether oxygens (including phenoxy) is 1. The van der Waals surface area contributed by atoms with Crippen LogP contribution < -0.4 is 5.32 Å². The van der Waals surface area contributed by atoms with Crippen molar-refractivity contribution < 1.29 is 22.7 Å². The first-order chi connectivity index (χ1) is 12.5. The van der Waals surface area contributed by atoms with Crippen LogP contribution in [0.15, 0.2) is 30.3 Å². The zero-order chi connectivity index (χ0) is 20.2. The molecule has 0 aliphatic carbocycles. The Morgan fingerprint density at radius 1 is 1.19 bits per heavy atom. The third-order valence-electron chi connectivity index (χ3n) is 4.82. The highest BCUT2D eigenvalue weighted by molar-refractivity contribution is 7.91. The summed E-state index contributed by atoms with van der Waals surface area (Å²) in [6.45, 7) is 7.09. The summed E-state index contributed by atoms with van der Waals surface area (Å²) in [6, 6.07) is 9.62. The molecule has 1 N–H and O–H groups in total. The second-order valence-corrected chi connectivity index (χ2v) is 10.3. The second kappa shape index (κ2) is 8.42. The fourth-order valence-electron chi connectivity index (χ4n) is 3.26. The molecule has 0 aromatic heterocycles. The van der Waals surface area contributed by atoms with Crippen molar-refractivity contribution in [1.29, 1.82) is 0 Å². The van der Waals surface area contributed by atoms with Gasteiger partial charge in [-0.15, -0.1) is 0 Å². The minimum Gasteiger partial charge on any atom is -0.452 e. The van der Waals surface area contributed by atoms with Crippen LogP contribution in [0.3, 0.4) is 0 Å². The van der Waals surface area contributed by atoms with E-state index < -0.39 is 33.4 Å². The number of rotatable bonds is 7. The Labute approximate surface area is 161 Å². The molecule has 3 unspecified atom stereocenters. The number of hydrogen-bond donors (Lipinski definition) is 1. The molecule has 27 heavy (non-hydrogen) atoms. The number of nitrogens with one attached hydrogen (secondary N) is 1. The summed E-state index contributed by atoms with van der Waals surface area (Å²) in [6.07, 6.45) is -0.0531. The van der Waals surface area contributed by atoms with Gasteiger partial charge in [-0.05, 0) is 31.2 Å². The minimum absolute atomic E-state index is 0.0595. The average Bonchev–Trinajstić information content (AvgIpc) is 2.85. The van der Waals surface area contributed by atoms with Crippen LogP contribution >= 0.6 is 0 Å². The Morgan fingerprint density at radius 2 is 1.81 bits per heavy atom. The van der Waals surface area contributed by atoms with E-state index in [0.717, 1.165) is 5.56 Å². The van der Waals surface area contributed by atoms with E-state index in [1.165, 1.54) is 0 Å². The standard InChI is InChI=1S/C20H29NO5S/c1-14(2)17(18(22)21-20(4)10-11-27(24,25)13-20)26-19(23)15(3)12-16-8-6-5-7-9-16/h5-9,14-15,17H,10-13H2,1-4H3,(H,21,22). The second-order valence-electron chi connectivity index (χ2n) is 8.08. The lowest BCUT2D eigenvalue weighted by atomic mass is 9.99. The Kier molecular flexibility index (Phi) is 6.68. The average molecular weight is 396 g/mol. The molecule has 1 saturated heterocycles. The van der Waals surface area contributed by atoms with E-state index in [9.17, 15) is 18.0 Å². The van der Waals surface area contributed by atoms with E-state index in [1.54, 1.807) is 27.7 Å². The third kappa shape index (κ3) is 6.06. The highest BCUT2D eigenvalue weighted by Crippen LogP contribution is 2.24. The number of esters is 1. The molecular weight excluding hydrogens is 366 g/mol. The minimum atomic E-state index is -3.14. The van der Waals surface area contributed by atoms with Crippen molar-refractivity contribution in [3.8, 4) is 0 Å². The largest absolute Gasteiger partial charge is 0.452 e. The van der Waals surface area contributed by atoms with Crippen molar-refractivity contribution in [2.24, 2.45) is 11.8 Å². The Hall–Kier alpha value is -1.89. The first-order valence-electron chi connectivity index (χ1n) is 9.28. The fraction of sp³-hybridized carbons (Fsp3) is 0.600. The van der Waals surface area contributed by atoms with Crippen molar-refractivity contribution in [2.45, 2.75) is 52.2 Å². The SMILES string of the molecule is CC(Cc1ccccc1)C(=O)OC(C(=O)NC1(C)CCS(=O)(=O)C1)C(C)C. The van der Waals surface area contributed by atoms with Gasteiger partial charge in [-0.25, -0.2) is 8.42 Å². The molecule has 150 valence electrons. The number of carbonyl (C=O) groups is 2. The molecule has 1 aliphatic rings. The molecular formula is C20H29NO5S. The molecule has 1 heterocycles. The van der Waals surface area contributed by atoms with Gasteiger partial charge in [0.05, 0.1) is 23.0 Å². The molecule has 1 fully saturated rings. The first kappa shape index (κ1) is 21.4. The molecule has 0 saturated carbocycles. The van der Waals surface area contributed by atoms with Gasteiger partial charge in [-0.2, -0.15) is 0 Å². The van der Waals surface area contributed by atoms with E-state index in [2.05, 4.69) is 5.32 Å². The summed E-state index contributed by atoms with van der Waals surface area (Å²) in [5.74, 6) is -1.51. The number of benzene rings is 1. The van der Waals surface area contributed by atoms with E-state index in [0.29, 0.717) is 12.8 Å². The van der Waals surface area contributed by atoms with Crippen LogP contribution in [-0.2, 0) is 30.6 Å². The zero-order valence-corrected chi connectivity index (χ0v) is 17.2. The summed E-state index contributed by atoms with van der Waals surface area (Å²) in [7, 11) is -3.14. The van der Waals surface area contributed by atoms with Crippen molar-refractivity contribution in [3.63, 3.8) is 0 Å². The lowest BCUT2D eigenvalue weighted by molar-refractivity contribution is -0.162. The summed E-state index contributed by atoms with van der Waals surface area (Å²) >= 11 is 0. The van der Waals surface area contributed by atoms with Gasteiger partial charge in [0.2, 0.25) is 0 Å². The smallest absolute Gasteiger partial charge is 0.309 e. The summed E-state index contributed by atoms with van der Waals surface area (Å²) < 4.78 is 29.0. The van der Waals surface area contributed by atoms with Crippen LogP contribution in [0.25, 0.3) is 0 Å². The Bertz CT molecular complexity index is 775. The summed E-state index contributed by atoms with van der Waals surface area (Å²) in [4.78, 5) is 25.2. The lowest BCUT2D eigenvalue weighted by Gasteiger charge is -2.29. The van der Waals surface area contributed by atoms with Crippen LogP contribution in [0, 0.1) is 11.8 Å². The van der Waals surface area contributed by atoms with Crippen molar-refractivity contribution >= 4 is 21.7 Å². The van der Waals surface area contributed by atoms with Gasteiger partial charge in [0.15, 0.2) is 15.9 Å². The highest BCUT2D eigenvalue weighted by Gasteiger charge is 2.41. The van der Waals surface area contributed by atoms with Gasteiger partial charge in [-0.3, -0.25) is 9.59 Å². The lowest BCUT2D eigenvalue weighted by Crippen LogP contribution is -2.52. The van der Waals surface area contributed by atoms with E-state index >= 15 is 0 Å². The van der Waals surface area contributed by atoms with Crippen LogP contribution in [0.4, 0.5) is 0 Å². The van der Waals surface area contributed by atoms with Gasteiger partial charge in [-0.1, -0.05) is 51.1 Å². The summed E-state index contributed by atoms with van der Waals surface area (Å²) in [5, 5.41) is 2.79. The maximum Gasteiger partial charge on any atom is 0.309 e. The molecule has 1 aromatic rings. The maximum absolute atomic E-state index is 12.7. The molecule has 1 amide bonds. The van der Waals surface area contributed by atoms with E-state index in [4.69, 9.17) is 4.74 Å². The Morgan fingerprint density at radius 3 is 2.33 bits per heavy atom. The summed E-state index contributed by atoms with van der Waals surface area (Å²) in [5.41, 5.74) is 0.210. The normalized spacial score (nSPS) is 23.6. The monoisotopic (exact) mass is 395 g/mol. The molecule has 0 spiro atoms. The van der Waals surface area contributed by atoms with Crippen molar-refractivity contribution in [2.75, 3.05) is 11.5 Å². The fourth-order valence-corrected chi connectivity index (χ4v) is 5.36. The molecule has 0 radical (unpaired) electrons. The third-order valence-corrected chi connectivity index (χ3v) is 6.73. The predicted molar refractivity (Wildman–Crippen MR) is 104 cm³/mol. The number of hydrogen-bond acceptors (Lipinski definition) is 5. The molecule has 2 rings (SSSR count). The van der Waals surface area contributed by atoms with Crippen molar-refractivity contribution in [3.05, 3.63) is 35.9 Å². The van der Waals surface area contributed by atoms with Crippen molar-refractivity contribution in [1.82, 2.24) is 5.32 Å².